The number of rotatable bonds is 6. The molecular formula is C18H12ClF3N4O2S2. The van der Waals surface area contributed by atoms with E-state index in [0.717, 1.165) is 29.2 Å². The zero-order chi connectivity index (χ0) is 21.7. The van der Waals surface area contributed by atoms with Crippen molar-refractivity contribution < 1.29 is 22.8 Å². The van der Waals surface area contributed by atoms with E-state index < -0.39 is 23.6 Å². The monoisotopic (exact) mass is 472 g/mol. The van der Waals surface area contributed by atoms with E-state index in [1.165, 1.54) is 18.2 Å². The number of para-hydroxylation sites is 1. The molecule has 6 nitrogen and oxygen atoms in total. The number of aromatic nitrogens is 2. The molecule has 12 heteroatoms. The maximum absolute atomic E-state index is 13.0. The lowest BCUT2D eigenvalue weighted by molar-refractivity contribution is -0.137. The van der Waals surface area contributed by atoms with E-state index in [1.807, 2.05) is 0 Å². The average Bonchev–Trinajstić information content (AvgIpc) is 3.14. The maximum atomic E-state index is 13.0. The van der Waals surface area contributed by atoms with Crippen LogP contribution in [0.15, 0.2) is 52.9 Å². The number of carbonyl (C=O) groups is 2. The zero-order valence-electron chi connectivity index (χ0n) is 14.9. The second kappa shape index (κ2) is 9.45. The molecule has 0 aliphatic carbocycles. The van der Waals surface area contributed by atoms with Crippen LogP contribution in [0.2, 0.25) is 5.02 Å². The normalized spacial score (nSPS) is 11.2. The molecule has 0 bridgehead atoms. The van der Waals surface area contributed by atoms with E-state index in [9.17, 15) is 22.8 Å². The quantitative estimate of drug-likeness (QED) is 0.381. The third-order valence-corrected chi connectivity index (χ3v) is 5.79. The van der Waals surface area contributed by atoms with Gasteiger partial charge in [-0.15, -0.1) is 10.2 Å². The van der Waals surface area contributed by atoms with E-state index in [1.54, 1.807) is 24.3 Å². The molecule has 0 saturated heterocycles. The van der Waals surface area contributed by atoms with Gasteiger partial charge in [0.05, 0.1) is 17.0 Å². The van der Waals surface area contributed by atoms with E-state index >= 15 is 0 Å². The highest BCUT2D eigenvalue weighted by Crippen LogP contribution is 2.34. The largest absolute Gasteiger partial charge is 0.418 e. The summed E-state index contributed by atoms with van der Waals surface area (Å²) in [7, 11) is 0. The number of benzene rings is 2. The third-order valence-electron chi connectivity index (χ3n) is 3.57. The van der Waals surface area contributed by atoms with Gasteiger partial charge in [0.2, 0.25) is 11.0 Å². The fraction of sp³-hybridized carbons (Fsp3) is 0.111. The molecule has 0 aliphatic heterocycles. The molecule has 0 unspecified atom stereocenters. The first-order chi connectivity index (χ1) is 14.2. The summed E-state index contributed by atoms with van der Waals surface area (Å²) in [6, 6.07) is 11.0. The number of hydrogen-bond donors (Lipinski definition) is 2. The van der Waals surface area contributed by atoms with E-state index in [-0.39, 0.29) is 16.6 Å². The molecule has 30 heavy (non-hydrogen) atoms. The molecule has 0 spiro atoms. The summed E-state index contributed by atoms with van der Waals surface area (Å²) in [6.07, 6.45) is -4.58. The van der Waals surface area contributed by atoms with E-state index in [2.05, 4.69) is 20.8 Å². The van der Waals surface area contributed by atoms with Gasteiger partial charge < -0.3 is 5.32 Å². The van der Waals surface area contributed by atoms with Crippen LogP contribution in [0.4, 0.5) is 24.0 Å². The number of alkyl halides is 3. The molecule has 0 radical (unpaired) electrons. The summed E-state index contributed by atoms with van der Waals surface area (Å²) >= 11 is 7.81. The first kappa shape index (κ1) is 22.1. The smallest absolute Gasteiger partial charge is 0.325 e. The van der Waals surface area contributed by atoms with Gasteiger partial charge >= 0.3 is 6.18 Å². The highest BCUT2D eigenvalue weighted by atomic mass is 35.5. The number of thioether (sulfide) groups is 1. The Labute approximate surface area is 181 Å². The molecule has 2 amide bonds. The number of halogens is 4. The van der Waals surface area contributed by atoms with Crippen LogP contribution in [0.3, 0.4) is 0 Å². The highest BCUT2D eigenvalue weighted by molar-refractivity contribution is 8.01. The second-order valence-electron chi connectivity index (χ2n) is 5.71. The standard InChI is InChI=1S/C18H12ClF3N4O2S2/c19-11-7-5-10(6-8-11)15(28)24-16-25-26-17(30-16)29-9-14(27)23-13-4-2-1-3-12(13)18(20,21)22/h1-8H,9H2,(H,23,27)(H,24,25,28). The molecule has 156 valence electrons. The molecule has 0 fully saturated rings. The Hall–Kier alpha value is -2.63. The van der Waals surface area contributed by atoms with Crippen molar-refractivity contribution >= 4 is 57.3 Å². The van der Waals surface area contributed by atoms with E-state index in [4.69, 9.17) is 11.6 Å². The lowest BCUT2D eigenvalue weighted by atomic mass is 10.1. The molecule has 0 atom stereocenters. The summed E-state index contributed by atoms with van der Waals surface area (Å²) in [5, 5.41) is 13.2. The van der Waals surface area contributed by atoms with Crippen molar-refractivity contribution in [1.82, 2.24) is 10.2 Å². The van der Waals surface area contributed by atoms with Crippen LogP contribution >= 0.6 is 34.7 Å². The topological polar surface area (TPSA) is 84.0 Å². The van der Waals surface area contributed by atoms with Crippen LogP contribution in [0.5, 0.6) is 0 Å². The minimum absolute atomic E-state index is 0.175. The van der Waals surface area contributed by atoms with Crippen molar-refractivity contribution in [1.29, 1.82) is 0 Å². The van der Waals surface area contributed by atoms with Crippen molar-refractivity contribution in [3.05, 3.63) is 64.7 Å². The molecule has 1 heterocycles. The van der Waals surface area contributed by atoms with Crippen molar-refractivity contribution in [3.8, 4) is 0 Å². The van der Waals surface area contributed by atoms with Crippen molar-refractivity contribution in [3.63, 3.8) is 0 Å². The van der Waals surface area contributed by atoms with Crippen molar-refractivity contribution in [2.45, 2.75) is 10.5 Å². The van der Waals surface area contributed by atoms with Gasteiger partial charge in [-0.1, -0.05) is 46.8 Å². The van der Waals surface area contributed by atoms with Crippen LogP contribution in [0.1, 0.15) is 15.9 Å². The Morgan fingerprint density at radius 1 is 1.03 bits per heavy atom. The summed E-state index contributed by atoms with van der Waals surface area (Å²) in [4.78, 5) is 24.2. The van der Waals surface area contributed by atoms with Gasteiger partial charge in [-0.05, 0) is 36.4 Å². The molecule has 0 aliphatic rings. The first-order valence-corrected chi connectivity index (χ1v) is 10.4. The maximum Gasteiger partial charge on any atom is 0.418 e. The van der Waals surface area contributed by atoms with Crippen LogP contribution in [-0.4, -0.2) is 27.8 Å². The minimum Gasteiger partial charge on any atom is -0.325 e. The number of carbonyl (C=O) groups excluding carboxylic acids is 2. The zero-order valence-corrected chi connectivity index (χ0v) is 17.3. The number of nitrogens with zero attached hydrogens (tertiary/aromatic N) is 2. The Morgan fingerprint density at radius 2 is 1.73 bits per heavy atom. The molecule has 3 aromatic rings. The van der Waals surface area contributed by atoms with Crippen LogP contribution in [0, 0.1) is 0 Å². The Kier molecular flexibility index (Phi) is 6.95. The van der Waals surface area contributed by atoms with Gasteiger partial charge in [0.1, 0.15) is 0 Å². The van der Waals surface area contributed by atoms with Gasteiger partial charge in [0, 0.05) is 10.6 Å². The lowest BCUT2D eigenvalue weighted by Crippen LogP contribution is -2.18. The number of anilines is 2. The number of hydrogen-bond acceptors (Lipinski definition) is 6. The number of amides is 2. The fourth-order valence-corrected chi connectivity index (χ4v) is 3.92. The SMILES string of the molecule is O=C(CSc1nnc(NC(=O)c2ccc(Cl)cc2)s1)Nc1ccccc1C(F)(F)F. The predicted octanol–water partition coefficient (Wildman–Crippen LogP) is 5.19. The van der Waals surface area contributed by atoms with E-state index in [0.29, 0.717) is 14.9 Å². The Bertz CT molecular complexity index is 1060. The lowest BCUT2D eigenvalue weighted by Gasteiger charge is -2.13. The fourth-order valence-electron chi connectivity index (χ4n) is 2.24. The van der Waals surface area contributed by atoms with Crippen molar-refractivity contribution in [2.24, 2.45) is 0 Å². The number of nitrogens with one attached hydrogen (secondary N) is 2. The summed E-state index contributed by atoms with van der Waals surface area (Å²) in [5.74, 6) is -1.20. The average molecular weight is 473 g/mol. The third kappa shape index (κ3) is 5.94. The van der Waals surface area contributed by atoms with Gasteiger partial charge in [-0.25, -0.2) is 0 Å². The van der Waals surface area contributed by atoms with Crippen LogP contribution < -0.4 is 10.6 Å². The molecule has 3 rings (SSSR count). The summed E-state index contributed by atoms with van der Waals surface area (Å²) in [5.41, 5.74) is -0.859. The van der Waals surface area contributed by atoms with Gasteiger partial charge in [-0.2, -0.15) is 13.2 Å². The minimum atomic E-state index is -4.58. The second-order valence-corrected chi connectivity index (χ2v) is 8.35. The molecule has 2 aromatic carbocycles. The summed E-state index contributed by atoms with van der Waals surface area (Å²) in [6.45, 7) is 0. The Balaban J connectivity index is 1.55. The molecule has 2 N–H and O–H groups in total. The van der Waals surface area contributed by atoms with Crippen LogP contribution in [0.25, 0.3) is 0 Å². The van der Waals surface area contributed by atoms with Gasteiger partial charge in [-0.3, -0.25) is 14.9 Å². The van der Waals surface area contributed by atoms with Gasteiger partial charge in [0.15, 0.2) is 4.34 Å². The summed E-state index contributed by atoms with van der Waals surface area (Å²) < 4.78 is 39.3. The Morgan fingerprint density at radius 3 is 2.43 bits per heavy atom. The molecular weight excluding hydrogens is 461 g/mol. The van der Waals surface area contributed by atoms with Crippen molar-refractivity contribution in [2.75, 3.05) is 16.4 Å². The molecule has 1 aromatic heterocycles. The molecule has 0 saturated carbocycles. The highest BCUT2D eigenvalue weighted by Gasteiger charge is 2.33. The predicted molar refractivity (Wildman–Crippen MR) is 110 cm³/mol. The van der Waals surface area contributed by atoms with Crippen LogP contribution in [-0.2, 0) is 11.0 Å². The van der Waals surface area contributed by atoms with Gasteiger partial charge in [0.25, 0.3) is 5.91 Å². The first-order valence-electron chi connectivity index (χ1n) is 8.21.